The summed E-state index contributed by atoms with van der Waals surface area (Å²) in [7, 11) is 0. The number of ether oxygens (including phenoxy) is 6. The lowest BCUT2D eigenvalue weighted by Crippen LogP contribution is -2.16. The molecule has 0 fully saturated rings. The molecular formula is C116H126N10O6. The third-order valence-corrected chi connectivity index (χ3v) is 25.9. The fourth-order valence-corrected chi connectivity index (χ4v) is 17.8. The molecule has 676 valence electrons. The van der Waals surface area contributed by atoms with E-state index in [9.17, 15) is 0 Å². The third-order valence-electron chi connectivity index (χ3n) is 25.9. The lowest BCUT2D eigenvalue weighted by Gasteiger charge is -2.26. The van der Waals surface area contributed by atoms with Crippen LogP contribution in [0.1, 0.15) is 222 Å². The minimum absolute atomic E-state index is 0.201. The Kier molecular flexibility index (Phi) is 23.4. The lowest BCUT2D eigenvalue weighted by molar-refractivity contribution is -0.00698. The van der Waals surface area contributed by atoms with Gasteiger partial charge in [-0.15, -0.1) is 0 Å². The van der Waals surface area contributed by atoms with E-state index in [1.165, 1.54) is 44.5 Å². The maximum absolute atomic E-state index is 6.37. The number of nitrogens with zero attached hydrogens (tertiary/aromatic N) is 8. The first-order chi connectivity index (χ1) is 62.4. The van der Waals surface area contributed by atoms with Crippen molar-refractivity contribution in [2.45, 2.75) is 209 Å². The molecule has 2 N–H and O–H groups in total. The number of hydrogen-bond acceptors (Lipinski definition) is 14. The minimum atomic E-state index is -0.271. The number of aromatic nitrogens is 10. The SMILES string of the molecule is CC(C)(C)c1cc(-c2c3nc(c(-c4cc(C(C)(C)C)cc(C(C)(C)C)c4)c4ccc([nH]4)c(-c4cc(C(C)(C)C)cc(C(C)(C)C)c4)c4nc(c(-c5cc(C(C)(C)C)cc(C(C)(C)C)c5)c5ccc2[nH]5)-c2nc5cc6nc7c8ccc9nc8c8nc(ccc8c7nc6cc5nc2-4)-c2ccc(cc2)OCCOCCOCCOCCOCCOc2ccc-9cc2)C=C3)cc(C(C)(C)C)c1. The van der Waals surface area contributed by atoms with E-state index in [1.54, 1.807) is 0 Å². The summed E-state index contributed by atoms with van der Waals surface area (Å²) in [5.41, 5.74) is 32.0. The van der Waals surface area contributed by atoms with Crippen molar-refractivity contribution in [3.8, 4) is 101 Å². The Balaban J connectivity index is 0.954. The molecule has 0 atom stereocenters. The molecule has 15 aromatic rings. The van der Waals surface area contributed by atoms with Crippen LogP contribution in [0.25, 0.3) is 179 Å². The van der Waals surface area contributed by atoms with Gasteiger partial charge in [0, 0.05) is 66.2 Å². The fraction of sp³-hybridized carbons (Fsp3) is 0.362. The second-order valence-corrected chi connectivity index (χ2v) is 44.3. The first kappa shape index (κ1) is 90.4. The van der Waals surface area contributed by atoms with Gasteiger partial charge >= 0.3 is 0 Å². The molecular weight excluding hydrogens is 1630 g/mol. The summed E-state index contributed by atoms with van der Waals surface area (Å²) in [5.74, 6) is 1.44. The van der Waals surface area contributed by atoms with Crippen LogP contribution < -0.4 is 9.47 Å². The highest BCUT2D eigenvalue weighted by Gasteiger charge is 2.35. The van der Waals surface area contributed by atoms with Crippen molar-refractivity contribution >= 4 is 89.1 Å². The third kappa shape index (κ3) is 18.4. The molecule has 16 heteroatoms. The van der Waals surface area contributed by atoms with Gasteiger partial charge in [-0.3, -0.25) is 0 Å². The van der Waals surface area contributed by atoms with E-state index in [0.29, 0.717) is 133 Å². The molecule has 0 spiro atoms. The first-order valence-corrected chi connectivity index (χ1v) is 46.9. The van der Waals surface area contributed by atoms with Crippen LogP contribution in [0.4, 0.5) is 0 Å². The van der Waals surface area contributed by atoms with Gasteiger partial charge < -0.3 is 38.4 Å². The van der Waals surface area contributed by atoms with Crippen LogP contribution in [0.15, 0.2) is 182 Å². The van der Waals surface area contributed by atoms with Gasteiger partial charge in [0.1, 0.15) is 47.5 Å². The van der Waals surface area contributed by atoms with Crippen molar-refractivity contribution in [2.75, 3.05) is 66.1 Å². The van der Waals surface area contributed by atoms with E-state index in [4.69, 9.17) is 68.3 Å². The van der Waals surface area contributed by atoms with Crippen molar-refractivity contribution < 1.29 is 28.4 Å². The standard InChI is InChI=1S/C116H126N10O6/c1-109(2,3)73-53-69(54-74(61-73)110(4,5)6)97-87-37-38-88(117-87)98(70-55-75(111(7,8)9)62-76(56-70)112(10,11)12)90-40-42-92(119-90)100(72-59-79(115(19,20)21)64-80(60-72)116(22,23)24)106-108-107(105(126-106)99(91-41-39-89(97)118-91)71-57-77(113(13,14)15)63-78(58-71)114(16,17)18)124-95-65-93-94(66-96(95)125-108)123-104-84-34-36-86-68-27-31-82(32-28-68)132-52-50-130-48-46-128-44-43-127-45-47-129-49-51-131-81-29-25-67(26-30-81)85-35-33-83(103(104)122-93)101(120-85)102(84)121-86/h25-42,53-66,118-119H,43-52H2,1-24H3. The smallest absolute Gasteiger partial charge is 0.119 e. The molecule has 16 nitrogen and oxygen atoms in total. The predicted molar refractivity (Wildman–Crippen MR) is 545 cm³/mol. The Bertz CT molecular complexity index is 6730. The highest BCUT2D eigenvalue weighted by Crippen LogP contribution is 2.51. The number of nitrogens with one attached hydrogen (secondary N) is 2. The van der Waals surface area contributed by atoms with E-state index in [0.717, 1.165) is 123 Å². The Labute approximate surface area is 777 Å². The van der Waals surface area contributed by atoms with Crippen molar-refractivity contribution in [2.24, 2.45) is 0 Å². The number of hydrogen-bond donors (Lipinski definition) is 2. The van der Waals surface area contributed by atoms with Crippen LogP contribution in [0.5, 0.6) is 11.5 Å². The Hall–Kier alpha value is -12.2. The van der Waals surface area contributed by atoms with Crippen molar-refractivity contribution in [3.05, 3.63) is 238 Å². The predicted octanol–water partition coefficient (Wildman–Crippen LogP) is 28.2. The van der Waals surface area contributed by atoms with Crippen LogP contribution in [0, 0.1) is 0 Å². The molecule has 0 aliphatic carbocycles. The Morgan fingerprint density at radius 2 is 0.477 bits per heavy atom. The minimum Gasteiger partial charge on any atom is -0.491 e. The molecule has 5 aliphatic rings. The number of H-pyrrole nitrogens is 2. The lowest BCUT2D eigenvalue weighted by atomic mass is 9.78. The van der Waals surface area contributed by atoms with Gasteiger partial charge in [-0.1, -0.05) is 239 Å². The summed E-state index contributed by atoms with van der Waals surface area (Å²) in [5, 5.41) is 1.58. The van der Waals surface area contributed by atoms with Gasteiger partial charge in [0.15, 0.2) is 0 Å². The molecule has 16 bridgehead atoms. The number of pyridine rings is 2. The van der Waals surface area contributed by atoms with Gasteiger partial charge in [-0.2, -0.15) is 0 Å². The molecule has 0 saturated heterocycles. The average Bonchev–Trinajstić information content (AvgIpc) is 1.41. The van der Waals surface area contributed by atoms with Gasteiger partial charge in [-0.25, -0.2) is 39.9 Å². The molecule has 0 saturated carbocycles. The van der Waals surface area contributed by atoms with E-state index < -0.39 is 0 Å². The monoisotopic (exact) mass is 1750 g/mol. The van der Waals surface area contributed by atoms with E-state index in [-0.39, 0.29) is 43.3 Å². The van der Waals surface area contributed by atoms with Gasteiger partial charge in [0.05, 0.1) is 120 Å². The van der Waals surface area contributed by atoms with Crippen LogP contribution in [-0.2, 0) is 62.3 Å². The van der Waals surface area contributed by atoms with E-state index in [1.807, 2.05) is 48.5 Å². The molecule has 0 radical (unpaired) electrons. The van der Waals surface area contributed by atoms with Gasteiger partial charge in [0.25, 0.3) is 0 Å². The van der Waals surface area contributed by atoms with Gasteiger partial charge in [0.2, 0.25) is 0 Å². The molecule has 0 amide bonds. The van der Waals surface area contributed by atoms with Crippen LogP contribution >= 0.6 is 0 Å². The van der Waals surface area contributed by atoms with E-state index in [2.05, 4.69) is 322 Å². The van der Waals surface area contributed by atoms with Crippen molar-refractivity contribution in [1.82, 2.24) is 49.8 Å². The topological polar surface area (TPSA) is 190 Å². The maximum atomic E-state index is 6.37. The second-order valence-electron chi connectivity index (χ2n) is 44.3. The number of fused-ring (bicyclic) bond motifs is 18. The maximum Gasteiger partial charge on any atom is 0.119 e. The van der Waals surface area contributed by atoms with Crippen LogP contribution in [-0.4, -0.2) is 116 Å². The van der Waals surface area contributed by atoms with Crippen LogP contribution in [0.2, 0.25) is 0 Å². The largest absolute Gasteiger partial charge is 0.491 e. The molecule has 5 aliphatic heterocycles. The van der Waals surface area contributed by atoms with Crippen LogP contribution in [0.3, 0.4) is 0 Å². The summed E-state index contributed by atoms with van der Waals surface area (Å²) in [6.45, 7) is 59.8. The fourth-order valence-electron chi connectivity index (χ4n) is 17.8. The number of aromatic amines is 2. The molecule has 7 aromatic heterocycles. The Morgan fingerprint density at radius 1 is 0.220 bits per heavy atom. The Morgan fingerprint density at radius 3 is 0.765 bits per heavy atom. The van der Waals surface area contributed by atoms with Gasteiger partial charge in [-0.05, 0) is 231 Å². The summed E-state index contributed by atoms with van der Waals surface area (Å²) in [6, 6.07) is 66.4. The number of benzene rings is 8. The highest BCUT2D eigenvalue weighted by atomic mass is 16.6. The zero-order valence-electron chi connectivity index (χ0n) is 81.6. The molecule has 132 heavy (non-hydrogen) atoms. The zero-order valence-corrected chi connectivity index (χ0v) is 81.6. The summed E-state index contributed by atoms with van der Waals surface area (Å²) in [6.07, 6.45) is 4.49. The number of rotatable bonds is 4. The normalized spacial score (nSPS) is 14.6. The highest BCUT2D eigenvalue weighted by molar-refractivity contribution is 6.22. The zero-order chi connectivity index (χ0) is 93.3. The second kappa shape index (κ2) is 34.1. The summed E-state index contributed by atoms with van der Waals surface area (Å²) >= 11 is 0. The molecule has 0 unspecified atom stereocenters. The van der Waals surface area contributed by atoms with Crippen molar-refractivity contribution in [3.63, 3.8) is 0 Å². The summed E-state index contributed by atoms with van der Waals surface area (Å²) < 4.78 is 35.5. The first-order valence-electron chi connectivity index (χ1n) is 46.9. The van der Waals surface area contributed by atoms with Crippen molar-refractivity contribution in [1.29, 1.82) is 0 Å². The molecule has 8 aromatic carbocycles. The molecule has 12 heterocycles. The average molecular weight is 1760 g/mol. The quantitative estimate of drug-likeness (QED) is 0.125. The summed E-state index contributed by atoms with van der Waals surface area (Å²) in [4.78, 5) is 55.7. The van der Waals surface area contributed by atoms with E-state index >= 15 is 0 Å². The molecule has 20 rings (SSSR count).